The number of H-pyrrole nitrogens is 2. The minimum Gasteiger partial charge on any atom is -0.387 e. The molecule has 0 saturated carbocycles. The smallest absolute Gasteiger partial charge is 0.313 e. The Morgan fingerprint density at radius 1 is 1.45 bits per heavy atom. The first kappa shape index (κ1) is 18.9. The summed E-state index contributed by atoms with van der Waals surface area (Å²) in [5.74, 6) is -0.284. The summed E-state index contributed by atoms with van der Waals surface area (Å²) in [6, 6.07) is 0. The summed E-state index contributed by atoms with van der Waals surface area (Å²) in [7, 11) is 1.62. The molecule has 0 unspecified atom stereocenters. The van der Waals surface area contributed by atoms with E-state index in [1.807, 2.05) is 0 Å². The number of amides is 1. The summed E-state index contributed by atoms with van der Waals surface area (Å²) >= 11 is 0. The lowest BCUT2D eigenvalue weighted by Gasteiger charge is -2.14. The van der Waals surface area contributed by atoms with E-state index < -0.39 is 36.0 Å². The second kappa shape index (κ2) is 7.19. The highest BCUT2D eigenvalue weighted by atomic mass is 16.6. The van der Waals surface area contributed by atoms with Crippen molar-refractivity contribution >= 4 is 23.0 Å². The predicted octanol–water partition coefficient (Wildman–Crippen LogP) is -4.38. The first-order valence-corrected chi connectivity index (χ1v) is 8.61. The molecule has 15 nitrogen and oxygen atoms in total. The average molecular weight is 407 g/mol. The first-order valence-electron chi connectivity index (χ1n) is 8.61. The molecule has 1 amide bonds. The molecule has 154 valence electrons. The Morgan fingerprint density at radius 3 is 2.97 bits per heavy atom. The summed E-state index contributed by atoms with van der Waals surface area (Å²) in [4.78, 5) is 30.6. The molecule has 0 aliphatic carbocycles. The number of aliphatic hydroxyl groups excluding tert-OH is 2. The Kier molecular flexibility index (Phi) is 4.69. The van der Waals surface area contributed by atoms with Crippen molar-refractivity contribution in [3.63, 3.8) is 0 Å². The zero-order chi connectivity index (χ0) is 20.7. The van der Waals surface area contributed by atoms with Crippen LogP contribution in [0.25, 0.3) is 11.2 Å². The maximum Gasteiger partial charge on any atom is 0.313 e. The van der Waals surface area contributed by atoms with Gasteiger partial charge < -0.3 is 26.0 Å². The molecular weight excluding hydrogens is 388 g/mol. The number of hydrogen-bond acceptors (Lipinski definition) is 10. The Hall–Kier alpha value is -3.43. The van der Waals surface area contributed by atoms with E-state index in [-0.39, 0.29) is 35.9 Å². The third-order valence-electron chi connectivity index (χ3n) is 4.61. The summed E-state index contributed by atoms with van der Waals surface area (Å²) in [5.41, 5.74) is 5.58. The largest absolute Gasteiger partial charge is 0.387 e. The van der Waals surface area contributed by atoms with Crippen LogP contribution in [0.3, 0.4) is 0 Å². The number of nitrogen functional groups attached to an aromatic ring is 1. The zero-order valence-corrected chi connectivity index (χ0v) is 15.2. The molecule has 0 radical (unpaired) electrons. The van der Waals surface area contributed by atoms with Gasteiger partial charge in [-0.3, -0.25) is 19.1 Å². The van der Waals surface area contributed by atoms with E-state index in [2.05, 4.69) is 35.9 Å². The first-order chi connectivity index (χ1) is 13.8. The molecule has 1 fully saturated rings. The molecule has 3 aromatic rings. The molecule has 7 N–H and O–H groups in total. The van der Waals surface area contributed by atoms with Gasteiger partial charge >= 0.3 is 5.65 Å². The number of fused-ring (bicyclic) bond motifs is 1. The van der Waals surface area contributed by atoms with Gasteiger partial charge in [-0.15, -0.1) is 10.2 Å². The van der Waals surface area contributed by atoms with Crippen LogP contribution in [-0.4, -0.2) is 76.1 Å². The number of aryl methyl sites for hydroxylation is 1. The van der Waals surface area contributed by atoms with Gasteiger partial charge in [0.2, 0.25) is 17.7 Å². The summed E-state index contributed by atoms with van der Waals surface area (Å²) in [6.07, 6.45) is -3.15. The number of rotatable bonds is 5. The molecule has 0 bridgehead atoms. The summed E-state index contributed by atoms with van der Waals surface area (Å²) < 4.78 is 8.67. The molecule has 0 aromatic carbocycles. The van der Waals surface area contributed by atoms with Gasteiger partial charge in [-0.2, -0.15) is 5.21 Å². The van der Waals surface area contributed by atoms with Crippen molar-refractivity contribution in [2.45, 2.75) is 31.0 Å². The van der Waals surface area contributed by atoms with Crippen LogP contribution >= 0.6 is 0 Å². The van der Waals surface area contributed by atoms with Crippen molar-refractivity contribution in [2.75, 3.05) is 12.3 Å². The molecule has 1 aliphatic rings. The van der Waals surface area contributed by atoms with Crippen LogP contribution in [0, 0.1) is 0 Å². The third kappa shape index (κ3) is 3.41. The summed E-state index contributed by atoms with van der Waals surface area (Å²) in [5, 5.41) is 36.4. The van der Waals surface area contributed by atoms with Crippen molar-refractivity contribution in [3.05, 3.63) is 22.5 Å². The second-order valence-electron chi connectivity index (χ2n) is 6.61. The minimum absolute atomic E-state index is 0.0626. The third-order valence-corrected chi connectivity index (χ3v) is 4.61. The molecular formula is C14H19N10O5+. The molecule has 4 heterocycles. The molecule has 0 spiro atoms. The number of anilines is 1. The van der Waals surface area contributed by atoms with Gasteiger partial charge in [0, 0.05) is 6.54 Å². The maximum absolute atomic E-state index is 12.1. The fourth-order valence-corrected chi connectivity index (χ4v) is 3.26. The van der Waals surface area contributed by atoms with Crippen LogP contribution in [0.15, 0.2) is 11.1 Å². The number of aromatic nitrogens is 8. The van der Waals surface area contributed by atoms with Gasteiger partial charge in [0.25, 0.3) is 11.5 Å². The fourth-order valence-electron chi connectivity index (χ4n) is 3.26. The number of nitrogens with two attached hydrogens (primary N) is 1. The van der Waals surface area contributed by atoms with Crippen molar-refractivity contribution in [1.82, 2.24) is 40.5 Å². The van der Waals surface area contributed by atoms with Gasteiger partial charge in [-0.05, 0) is 0 Å². The number of carbonyl (C=O) groups is 1. The van der Waals surface area contributed by atoms with E-state index in [1.54, 1.807) is 7.05 Å². The van der Waals surface area contributed by atoms with E-state index in [0.29, 0.717) is 0 Å². The number of aromatic amines is 2. The van der Waals surface area contributed by atoms with Crippen LogP contribution in [0.2, 0.25) is 0 Å². The molecule has 3 aromatic heterocycles. The number of aliphatic hydroxyl groups is 2. The maximum atomic E-state index is 12.1. The molecule has 29 heavy (non-hydrogen) atoms. The Bertz CT molecular complexity index is 1090. The molecule has 15 heteroatoms. The quantitative estimate of drug-likeness (QED) is 0.223. The number of ether oxygens (including phenoxy) is 1. The number of hydrogen-bond donors (Lipinski definition) is 6. The molecule has 1 aliphatic heterocycles. The van der Waals surface area contributed by atoms with Gasteiger partial charge in [-0.1, -0.05) is 10.2 Å². The van der Waals surface area contributed by atoms with Crippen molar-refractivity contribution < 1.29 is 24.3 Å². The lowest BCUT2D eigenvalue weighted by atomic mass is 10.1. The minimum atomic E-state index is -1.33. The SMILES string of the molecule is Cn1c[n+]([C@@H]2O[C@H](CNC(=O)Cc3nn[nH]n3)[C@@H](O)[C@H]2O)c2nc(N)[nH]c(=O)c21. The van der Waals surface area contributed by atoms with E-state index >= 15 is 0 Å². The number of carbonyl (C=O) groups excluding carboxylic acids is 1. The summed E-state index contributed by atoms with van der Waals surface area (Å²) in [6.45, 7) is -0.0626. The Balaban J connectivity index is 1.51. The fraction of sp³-hybridized carbons (Fsp3) is 0.500. The van der Waals surface area contributed by atoms with Crippen LogP contribution in [0.4, 0.5) is 5.95 Å². The van der Waals surface area contributed by atoms with E-state index in [1.165, 1.54) is 15.5 Å². The molecule has 4 atom stereocenters. The van der Waals surface area contributed by atoms with Crippen LogP contribution in [-0.2, 0) is 23.0 Å². The zero-order valence-electron chi connectivity index (χ0n) is 15.2. The lowest BCUT2D eigenvalue weighted by molar-refractivity contribution is -0.745. The van der Waals surface area contributed by atoms with Crippen molar-refractivity contribution in [1.29, 1.82) is 0 Å². The van der Waals surface area contributed by atoms with E-state index in [0.717, 1.165) is 0 Å². The van der Waals surface area contributed by atoms with Crippen molar-refractivity contribution in [3.8, 4) is 0 Å². The van der Waals surface area contributed by atoms with Crippen molar-refractivity contribution in [2.24, 2.45) is 7.05 Å². The topological polar surface area (TPSA) is 214 Å². The Morgan fingerprint density at radius 2 is 2.24 bits per heavy atom. The monoisotopic (exact) mass is 407 g/mol. The number of tetrazole rings is 1. The van der Waals surface area contributed by atoms with Crippen LogP contribution < -0.4 is 21.2 Å². The lowest BCUT2D eigenvalue weighted by Crippen LogP contribution is -2.46. The highest BCUT2D eigenvalue weighted by Crippen LogP contribution is 2.26. The normalized spacial score (nSPS) is 24.2. The van der Waals surface area contributed by atoms with Gasteiger partial charge in [0.1, 0.15) is 18.3 Å². The number of nitrogens with zero attached hydrogens (tertiary/aromatic N) is 6. The van der Waals surface area contributed by atoms with E-state index in [4.69, 9.17) is 10.5 Å². The Labute approximate surface area is 161 Å². The highest BCUT2D eigenvalue weighted by Gasteiger charge is 2.47. The predicted molar refractivity (Wildman–Crippen MR) is 92.8 cm³/mol. The molecule has 1 saturated heterocycles. The van der Waals surface area contributed by atoms with Crippen LogP contribution in [0.5, 0.6) is 0 Å². The average Bonchev–Trinajstić information content (AvgIpc) is 3.34. The van der Waals surface area contributed by atoms with Gasteiger partial charge in [0.05, 0.1) is 13.5 Å². The standard InChI is InChI=1S/C14H18N10O5/c1-23-4-24(11-8(23)12(28)18-14(15)17-11)13-10(27)9(26)5(29-13)3-16-7(25)2-6-19-21-22-20-6/h4-5,9-10,13,26-27H,2-3H2,1H3,(H4-,15,16,17,18,19,20,21,22,25,28)/p+1/t5-,9-,10-,13-/m1/s1. The molecule has 4 rings (SSSR count). The second-order valence-corrected chi connectivity index (χ2v) is 6.61. The highest BCUT2D eigenvalue weighted by molar-refractivity contribution is 5.77. The van der Waals surface area contributed by atoms with Gasteiger partial charge in [-0.25, -0.2) is 4.57 Å². The van der Waals surface area contributed by atoms with Gasteiger partial charge in [0.15, 0.2) is 12.2 Å². The van der Waals surface area contributed by atoms with Crippen LogP contribution in [0.1, 0.15) is 12.1 Å². The number of imidazole rings is 1. The number of nitrogens with one attached hydrogen (secondary N) is 3. The van der Waals surface area contributed by atoms with E-state index in [9.17, 15) is 19.8 Å².